The third kappa shape index (κ3) is 3.21. The highest BCUT2D eigenvalue weighted by molar-refractivity contribution is 5.92. The standard InChI is InChI=1S/C18H12F2N2O4/c19-10-1-3-13(14(20)5-10)16-7-12(22-26-16)8-18(23)21-11-2-4-15-17(6-11)25-9-24-15/h1-7H,8-9H2,(H,21,23). The Labute approximate surface area is 146 Å². The number of anilines is 1. The molecule has 3 aromatic rings. The van der Waals surface area contributed by atoms with Gasteiger partial charge in [0.2, 0.25) is 12.7 Å². The van der Waals surface area contributed by atoms with Crippen molar-refractivity contribution >= 4 is 11.6 Å². The summed E-state index contributed by atoms with van der Waals surface area (Å²) in [4.78, 5) is 12.2. The van der Waals surface area contributed by atoms with Crippen LogP contribution in [0.3, 0.4) is 0 Å². The van der Waals surface area contributed by atoms with Crippen molar-refractivity contribution in [2.75, 3.05) is 12.1 Å². The summed E-state index contributed by atoms with van der Waals surface area (Å²) in [5, 5.41) is 6.46. The van der Waals surface area contributed by atoms with Gasteiger partial charge in [-0.25, -0.2) is 8.78 Å². The molecule has 0 unspecified atom stereocenters. The number of benzene rings is 2. The van der Waals surface area contributed by atoms with Crippen molar-refractivity contribution in [3.8, 4) is 22.8 Å². The number of carbonyl (C=O) groups excluding carboxylic acids is 1. The maximum atomic E-state index is 13.8. The number of ether oxygens (including phenoxy) is 2. The van der Waals surface area contributed by atoms with Gasteiger partial charge >= 0.3 is 0 Å². The molecule has 2 aromatic carbocycles. The van der Waals surface area contributed by atoms with Crippen LogP contribution in [0.15, 0.2) is 47.0 Å². The van der Waals surface area contributed by atoms with Crippen molar-refractivity contribution in [2.24, 2.45) is 0 Å². The molecule has 1 aliphatic rings. The van der Waals surface area contributed by atoms with E-state index in [0.29, 0.717) is 22.9 Å². The van der Waals surface area contributed by atoms with Crippen LogP contribution in [0.25, 0.3) is 11.3 Å². The van der Waals surface area contributed by atoms with Crippen molar-refractivity contribution in [1.82, 2.24) is 5.16 Å². The highest BCUT2D eigenvalue weighted by Crippen LogP contribution is 2.34. The molecular weight excluding hydrogens is 346 g/mol. The molecule has 0 atom stereocenters. The van der Waals surface area contributed by atoms with E-state index < -0.39 is 11.6 Å². The second-order valence-electron chi connectivity index (χ2n) is 5.60. The van der Waals surface area contributed by atoms with Gasteiger partial charge in [0.25, 0.3) is 0 Å². The third-order valence-electron chi connectivity index (χ3n) is 3.75. The molecule has 1 aromatic heterocycles. The Morgan fingerprint density at radius 3 is 2.77 bits per heavy atom. The predicted molar refractivity (Wildman–Crippen MR) is 86.8 cm³/mol. The summed E-state index contributed by atoms with van der Waals surface area (Å²) in [7, 11) is 0. The van der Waals surface area contributed by atoms with Gasteiger partial charge in [-0.1, -0.05) is 5.16 Å². The topological polar surface area (TPSA) is 73.6 Å². The third-order valence-corrected chi connectivity index (χ3v) is 3.75. The van der Waals surface area contributed by atoms with E-state index in [1.165, 1.54) is 12.1 Å². The molecular formula is C18H12F2N2O4. The molecule has 6 nitrogen and oxygen atoms in total. The van der Waals surface area contributed by atoms with Crippen molar-refractivity contribution < 1.29 is 27.6 Å². The number of hydrogen-bond acceptors (Lipinski definition) is 5. The number of amides is 1. The van der Waals surface area contributed by atoms with Gasteiger partial charge in [0.05, 0.1) is 17.7 Å². The maximum Gasteiger partial charge on any atom is 0.231 e. The molecule has 0 saturated heterocycles. The average Bonchev–Trinajstić information content (AvgIpc) is 3.23. The van der Waals surface area contributed by atoms with Crippen molar-refractivity contribution in [2.45, 2.75) is 6.42 Å². The van der Waals surface area contributed by atoms with Crippen LogP contribution >= 0.6 is 0 Å². The van der Waals surface area contributed by atoms with Crippen LogP contribution in [0.1, 0.15) is 5.69 Å². The Bertz CT molecular complexity index is 987. The van der Waals surface area contributed by atoms with Gasteiger partial charge in [-0.2, -0.15) is 0 Å². The Kier molecular flexibility index (Phi) is 4.00. The summed E-state index contributed by atoms with van der Waals surface area (Å²) >= 11 is 0. The number of nitrogens with one attached hydrogen (secondary N) is 1. The van der Waals surface area contributed by atoms with Gasteiger partial charge in [0.15, 0.2) is 17.3 Å². The van der Waals surface area contributed by atoms with E-state index in [1.54, 1.807) is 18.2 Å². The lowest BCUT2D eigenvalue weighted by molar-refractivity contribution is -0.115. The van der Waals surface area contributed by atoms with Crippen LogP contribution in [-0.2, 0) is 11.2 Å². The zero-order valence-electron chi connectivity index (χ0n) is 13.3. The quantitative estimate of drug-likeness (QED) is 0.772. The molecule has 1 N–H and O–H groups in total. The Morgan fingerprint density at radius 1 is 1.08 bits per heavy atom. The number of carbonyl (C=O) groups is 1. The zero-order chi connectivity index (χ0) is 18.1. The highest BCUT2D eigenvalue weighted by atomic mass is 19.1. The van der Waals surface area contributed by atoms with Crippen LogP contribution in [0, 0.1) is 11.6 Å². The Morgan fingerprint density at radius 2 is 1.92 bits per heavy atom. The number of nitrogens with zero attached hydrogens (tertiary/aromatic N) is 1. The summed E-state index contributed by atoms with van der Waals surface area (Å²) in [5.74, 6) is -0.493. The summed E-state index contributed by atoms with van der Waals surface area (Å²) in [6.45, 7) is 0.147. The van der Waals surface area contributed by atoms with Crippen molar-refractivity contribution in [3.63, 3.8) is 0 Å². The Balaban J connectivity index is 1.44. The number of hydrogen-bond donors (Lipinski definition) is 1. The average molecular weight is 358 g/mol. The van der Waals surface area contributed by atoms with Crippen LogP contribution in [0.2, 0.25) is 0 Å². The van der Waals surface area contributed by atoms with Gasteiger partial charge < -0.3 is 19.3 Å². The monoisotopic (exact) mass is 358 g/mol. The van der Waals surface area contributed by atoms with Gasteiger partial charge in [0, 0.05) is 23.9 Å². The van der Waals surface area contributed by atoms with Gasteiger partial charge in [0.1, 0.15) is 11.6 Å². The molecule has 0 saturated carbocycles. The molecule has 4 rings (SSSR count). The zero-order valence-corrected chi connectivity index (χ0v) is 13.3. The lowest BCUT2D eigenvalue weighted by atomic mass is 10.1. The molecule has 0 bridgehead atoms. The fraction of sp³-hybridized carbons (Fsp3) is 0.111. The first-order valence-corrected chi connectivity index (χ1v) is 7.69. The molecule has 0 aliphatic carbocycles. The SMILES string of the molecule is O=C(Cc1cc(-c2ccc(F)cc2F)on1)Nc1ccc2c(c1)OCO2. The predicted octanol–water partition coefficient (Wildman–Crippen LogP) is 3.53. The second kappa shape index (κ2) is 6.47. The number of aromatic nitrogens is 1. The molecule has 1 aliphatic heterocycles. The van der Waals surface area contributed by atoms with Crippen molar-refractivity contribution in [3.05, 3.63) is 59.8 Å². The lowest BCUT2D eigenvalue weighted by Gasteiger charge is -2.04. The van der Waals surface area contributed by atoms with E-state index in [4.69, 9.17) is 14.0 Å². The largest absolute Gasteiger partial charge is 0.454 e. The number of fused-ring (bicyclic) bond motifs is 1. The fourth-order valence-electron chi connectivity index (χ4n) is 2.56. The first-order valence-electron chi connectivity index (χ1n) is 7.69. The summed E-state index contributed by atoms with van der Waals surface area (Å²) in [5.41, 5.74) is 0.941. The minimum absolute atomic E-state index is 0.0687. The van der Waals surface area contributed by atoms with E-state index >= 15 is 0 Å². The van der Waals surface area contributed by atoms with E-state index in [0.717, 1.165) is 12.1 Å². The van der Waals surface area contributed by atoms with E-state index in [1.807, 2.05) is 0 Å². The molecule has 0 radical (unpaired) electrons. The van der Waals surface area contributed by atoms with E-state index in [2.05, 4.69) is 10.5 Å². The molecule has 132 valence electrons. The lowest BCUT2D eigenvalue weighted by Crippen LogP contribution is -2.14. The maximum absolute atomic E-state index is 13.8. The summed E-state index contributed by atoms with van der Waals surface area (Å²) in [6.07, 6.45) is -0.0687. The van der Waals surface area contributed by atoms with Crippen LogP contribution in [0.4, 0.5) is 14.5 Å². The molecule has 2 heterocycles. The molecule has 0 spiro atoms. The van der Waals surface area contributed by atoms with Crippen LogP contribution < -0.4 is 14.8 Å². The Hall–Kier alpha value is -3.42. The molecule has 0 fully saturated rings. The first-order chi connectivity index (χ1) is 12.6. The highest BCUT2D eigenvalue weighted by Gasteiger charge is 2.16. The first kappa shape index (κ1) is 16.1. The molecule has 26 heavy (non-hydrogen) atoms. The number of rotatable bonds is 4. The molecule has 1 amide bonds. The van der Waals surface area contributed by atoms with E-state index in [9.17, 15) is 13.6 Å². The van der Waals surface area contributed by atoms with E-state index in [-0.39, 0.29) is 30.4 Å². The minimum Gasteiger partial charge on any atom is -0.454 e. The molecule has 8 heteroatoms. The van der Waals surface area contributed by atoms with Gasteiger partial charge in [-0.15, -0.1) is 0 Å². The second-order valence-corrected chi connectivity index (χ2v) is 5.60. The minimum atomic E-state index is -0.766. The summed E-state index contributed by atoms with van der Waals surface area (Å²) in [6, 6.07) is 9.60. The number of halogens is 2. The van der Waals surface area contributed by atoms with Crippen LogP contribution in [-0.4, -0.2) is 17.9 Å². The van der Waals surface area contributed by atoms with Crippen LogP contribution in [0.5, 0.6) is 11.5 Å². The summed E-state index contributed by atoms with van der Waals surface area (Å²) < 4.78 is 42.3. The fourth-order valence-corrected chi connectivity index (χ4v) is 2.56. The van der Waals surface area contributed by atoms with Crippen molar-refractivity contribution in [1.29, 1.82) is 0 Å². The van der Waals surface area contributed by atoms with Gasteiger partial charge in [-0.05, 0) is 24.3 Å². The van der Waals surface area contributed by atoms with Gasteiger partial charge in [-0.3, -0.25) is 4.79 Å². The normalized spacial score (nSPS) is 12.2. The smallest absolute Gasteiger partial charge is 0.231 e.